The van der Waals surface area contributed by atoms with Crippen LogP contribution in [0, 0.1) is 5.92 Å². The Morgan fingerprint density at radius 3 is 2.89 bits per heavy atom. The molecular weight excluding hydrogens is 252 g/mol. The minimum absolute atomic E-state index is 0.194. The molecule has 0 spiro atoms. The Bertz CT molecular complexity index is 465. The van der Waals surface area contributed by atoms with Gasteiger partial charge in [0.15, 0.2) is 5.96 Å². The van der Waals surface area contributed by atoms with E-state index in [0.717, 1.165) is 11.3 Å². The monoisotopic (exact) mass is 269 g/mol. The van der Waals surface area contributed by atoms with E-state index in [1.807, 2.05) is 24.3 Å². The standard InChI is InChI=1S/C13H17F2N3O/c1-19-11-5-3-2-4-8(11)7-17-13(16)18-10-6-9(10)12(14)15/h2-5,9-10,12H,6-7H2,1H3,(H3,16,17,18)/t9-,10-/m0/s1. The first-order chi connectivity index (χ1) is 9.11. The molecule has 19 heavy (non-hydrogen) atoms. The third-order valence-electron chi connectivity index (χ3n) is 3.11. The van der Waals surface area contributed by atoms with E-state index in [1.165, 1.54) is 0 Å². The van der Waals surface area contributed by atoms with Gasteiger partial charge in [-0.25, -0.2) is 13.8 Å². The number of alkyl halides is 2. The van der Waals surface area contributed by atoms with Gasteiger partial charge in [0.25, 0.3) is 0 Å². The van der Waals surface area contributed by atoms with Gasteiger partial charge in [-0.05, 0) is 12.5 Å². The third kappa shape index (κ3) is 3.56. The van der Waals surface area contributed by atoms with Crippen molar-refractivity contribution in [2.45, 2.75) is 25.4 Å². The molecule has 3 N–H and O–H groups in total. The van der Waals surface area contributed by atoms with Gasteiger partial charge in [-0.1, -0.05) is 18.2 Å². The second kappa shape index (κ2) is 5.86. The average molecular weight is 269 g/mol. The zero-order chi connectivity index (χ0) is 13.8. The summed E-state index contributed by atoms with van der Waals surface area (Å²) in [5.74, 6) is 0.329. The highest BCUT2D eigenvalue weighted by Gasteiger charge is 2.44. The molecule has 0 aliphatic heterocycles. The number of para-hydroxylation sites is 1. The maximum Gasteiger partial charge on any atom is 0.243 e. The van der Waals surface area contributed by atoms with Crippen molar-refractivity contribution in [1.82, 2.24) is 5.32 Å². The predicted molar refractivity (Wildman–Crippen MR) is 69.4 cm³/mol. The number of ether oxygens (including phenoxy) is 1. The van der Waals surface area contributed by atoms with Crippen molar-refractivity contribution in [3.8, 4) is 5.75 Å². The molecule has 1 aromatic carbocycles. The van der Waals surface area contributed by atoms with Crippen LogP contribution in [0.1, 0.15) is 12.0 Å². The Hall–Kier alpha value is -1.85. The number of rotatable bonds is 5. The van der Waals surface area contributed by atoms with Crippen molar-refractivity contribution >= 4 is 5.96 Å². The molecule has 1 aliphatic rings. The maximum absolute atomic E-state index is 12.3. The molecule has 104 valence electrons. The van der Waals surface area contributed by atoms with Crippen LogP contribution in [-0.2, 0) is 6.54 Å². The van der Waals surface area contributed by atoms with E-state index in [1.54, 1.807) is 7.11 Å². The summed E-state index contributed by atoms with van der Waals surface area (Å²) in [6, 6.07) is 7.22. The van der Waals surface area contributed by atoms with Gasteiger partial charge in [-0.3, -0.25) is 0 Å². The minimum Gasteiger partial charge on any atom is -0.496 e. The van der Waals surface area contributed by atoms with E-state index < -0.39 is 12.3 Å². The number of nitrogens with zero attached hydrogens (tertiary/aromatic N) is 1. The number of methoxy groups -OCH3 is 1. The van der Waals surface area contributed by atoms with Crippen molar-refractivity contribution in [1.29, 1.82) is 0 Å². The second-order valence-electron chi connectivity index (χ2n) is 4.50. The molecule has 0 heterocycles. The highest BCUT2D eigenvalue weighted by molar-refractivity contribution is 5.78. The van der Waals surface area contributed by atoms with Crippen LogP contribution in [0.3, 0.4) is 0 Å². The normalized spacial score (nSPS) is 22.4. The van der Waals surface area contributed by atoms with E-state index >= 15 is 0 Å². The fraction of sp³-hybridized carbons (Fsp3) is 0.462. The molecule has 4 nitrogen and oxygen atoms in total. The van der Waals surface area contributed by atoms with Gasteiger partial charge in [-0.2, -0.15) is 0 Å². The molecule has 1 aromatic rings. The first kappa shape index (κ1) is 13.6. The van der Waals surface area contributed by atoms with Gasteiger partial charge in [0.1, 0.15) is 5.75 Å². The van der Waals surface area contributed by atoms with Gasteiger partial charge >= 0.3 is 0 Å². The Kier molecular flexibility index (Phi) is 4.19. The summed E-state index contributed by atoms with van der Waals surface area (Å²) < 4.78 is 29.9. The predicted octanol–water partition coefficient (Wildman–Crippen LogP) is 1.75. The number of halogens is 2. The van der Waals surface area contributed by atoms with Crippen LogP contribution in [-0.4, -0.2) is 25.5 Å². The molecule has 6 heteroatoms. The molecule has 1 aliphatic carbocycles. The summed E-state index contributed by atoms with van der Waals surface area (Å²) in [6.07, 6.45) is -1.85. The smallest absolute Gasteiger partial charge is 0.243 e. The van der Waals surface area contributed by atoms with Crippen molar-refractivity contribution in [2.24, 2.45) is 16.6 Å². The number of nitrogens with two attached hydrogens (primary N) is 1. The lowest BCUT2D eigenvalue weighted by Crippen LogP contribution is -2.34. The zero-order valence-corrected chi connectivity index (χ0v) is 10.6. The SMILES string of the molecule is COc1ccccc1CN=C(N)N[C@H]1C[C@@H]1C(F)F. The fourth-order valence-electron chi connectivity index (χ4n) is 1.90. The van der Waals surface area contributed by atoms with Crippen molar-refractivity contribution in [3.63, 3.8) is 0 Å². The number of nitrogens with one attached hydrogen (secondary N) is 1. The van der Waals surface area contributed by atoms with Gasteiger partial charge in [0, 0.05) is 17.5 Å². The molecule has 0 aromatic heterocycles. The largest absolute Gasteiger partial charge is 0.496 e. The van der Waals surface area contributed by atoms with Crippen molar-refractivity contribution < 1.29 is 13.5 Å². The number of hydrogen-bond acceptors (Lipinski definition) is 2. The molecule has 0 amide bonds. The molecule has 2 rings (SSSR count). The van der Waals surface area contributed by atoms with Crippen LogP contribution in [0.15, 0.2) is 29.3 Å². The Morgan fingerprint density at radius 2 is 2.26 bits per heavy atom. The molecule has 2 atom stereocenters. The number of hydrogen-bond donors (Lipinski definition) is 2. The van der Waals surface area contributed by atoms with Crippen LogP contribution in [0.4, 0.5) is 8.78 Å². The van der Waals surface area contributed by atoms with Gasteiger partial charge < -0.3 is 15.8 Å². The minimum atomic E-state index is -2.29. The second-order valence-corrected chi connectivity index (χ2v) is 4.50. The van der Waals surface area contributed by atoms with Crippen LogP contribution in [0.2, 0.25) is 0 Å². The molecular formula is C13H17F2N3O. The number of benzene rings is 1. The van der Waals surface area contributed by atoms with E-state index in [0.29, 0.717) is 13.0 Å². The van der Waals surface area contributed by atoms with Crippen LogP contribution in [0.25, 0.3) is 0 Å². The van der Waals surface area contributed by atoms with E-state index in [2.05, 4.69) is 10.3 Å². The first-order valence-corrected chi connectivity index (χ1v) is 6.08. The molecule has 1 saturated carbocycles. The van der Waals surface area contributed by atoms with Crippen molar-refractivity contribution in [3.05, 3.63) is 29.8 Å². The molecule has 1 fully saturated rings. The maximum atomic E-state index is 12.3. The van der Waals surface area contributed by atoms with Gasteiger partial charge in [0.05, 0.1) is 13.7 Å². The summed E-state index contributed by atoms with van der Waals surface area (Å²) >= 11 is 0. The summed E-state index contributed by atoms with van der Waals surface area (Å²) in [4.78, 5) is 4.14. The number of aliphatic imine (C=N–C) groups is 1. The Morgan fingerprint density at radius 1 is 1.53 bits per heavy atom. The molecule has 0 radical (unpaired) electrons. The lowest BCUT2D eigenvalue weighted by Gasteiger charge is -2.07. The Labute approximate surface area is 110 Å². The van der Waals surface area contributed by atoms with Crippen LogP contribution in [0.5, 0.6) is 5.75 Å². The summed E-state index contributed by atoms with van der Waals surface area (Å²) in [5.41, 5.74) is 6.57. The summed E-state index contributed by atoms with van der Waals surface area (Å²) in [5, 5.41) is 2.80. The lowest BCUT2D eigenvalue weighted by molar-refractivity contribution is 0.119. The van der Waals surface area contributed by atoms with E-state index in [-0.39, 0.29) is 12.0 Å². The summed E-state index contributed by atoms with van der Waals surface area (Å²) in [6.45, 7) is 0.356. The Balaban J connectivity index is 1.88. The van der Waals surface area contributed by atoms with Crippen molar-refractivity contribution in [2.75, 3.05) is 7.11 Å². The molecule has 0 unspecified atom stereocenters. The molecule has 0 saturated heterocycles. The highest BCUT2D eigenvalue weighted by Crippen LogP contribution is 2.35. The quantitative estimate of drug-likeness (QED) is 0.632. The van der Waals surface area contributed by atoms with E-state index in [4.69, 9.17) is 10.5 Å². The topological polar surface area (TPSA) is 59.6 Å². The number of guanidine groups is 1. The lowest BCUT2D eigenvalue weighted by atomic mass is 10.2. The van der Waals surface area contributed by atoms with E-state index in [9.17, 15) is 8.78 Å². The summed E-state index contributed by atoms with van der Waals surface area (Å²) in [7, 11) is 1.58. The first-order valence-electron chi connectivity index (χ1n) is 6.08. The highest BCUT2D eigenvalue weighted by atomic mass is 19.3. The third-order valence-corrected chi connectivity index (χ3v) is 3.11. The zero-order valence-electron chi connectivity index (χ0n) is 10.6. The molecule has 0 bridgehead atoms. The van der Waals surface area contributed by atoms with Crippen LogP contribution >= 0.6 is 0 Å². The van der Waals surface area contributed by atoms with Crippen LogP contribution < -0.4 is 15.8 Å². The van der Waals surface area contributed by atoms with Gasteiger partial charge in [0.2, 0.25) is 6.43 Å². The fourth-order valence-corrected chi connectivity index (χ4v) is 1.90. The van der Waals surface area contributed by atoms with Gasteiger partial charge in [-0.15, -0.1) is 0 Å². The average Bonchev–Trinajstić information content (AvgIpc) is 3.16.